The van der Waals surface area contributed by atoms with Crippen molar-refractivity contribution in [3.05, 3.63) is 44.2 Å². The van der Waals surface area contributed by atoms with Crippen LogP contribution in [0.25, 0.3) is 0 Å². The number of thiazole rings is 1. The van der Waals surface area contributed by atoms with E-state index >= 15 is 0 Å². The van der Waals surface area contributed by atoms with E-state index in [4.69, 9.17) is 27.9 Å². The Balaban J connectivity index is 2.39. The average molecular weight is 323 g/mol. The van der Waals surface area contributed by atoms with Gasteiger partial charge in [-0.2, -0.15) is 4.98 Å². The Kier molecular flexibility index (Phi) is 4.18. The zero-order valence-corrected chi connectivity index (χ0v) is 11.4. The summed E-state index contributed by atoms with van der Waals surface area (Å²) in [6.45, 7) is 0. The molecule has 0 bridgehead atoms. The number of aromatic nitrogens is 1. The normalized spacial score (nSPS) is 10.5. The molecule has 2 rings (SSSR count). The lowest BCUT2D eigenvalue weighted by molar-refractivity contribution is -0.385. The fourth-order valence-electron chi connectivity index (χ4n) is 1.27. The van der Waals surface area contributed by atoms with Crippen LogP contribution in [0.2, 0.25) is 5.15 Å². The summed E-state index contributed by atoms with van der Waals surface area (Å²) in [5.41, 5.74) is -0.487. The van der Waals surface area contributed by atoms with Crippen LogP contribution >= 0.6 is 34.5 Å². The number of rotatable bonds is 4. The standard InChI is InChI=1S/C10H5Cl2FN2O3S/c11-4-7-9(12)14-10(19-7)18-8-5(13)2-1-3-6(8)15(16)17/h1-3H,4H2. The lowest BCUT2D eigenvalue weighted by Crippen LogP contribution is -1.95. The van der Waals surface area contributed by atoms with E-state index in [1.54, 1.807) is 0 Å². The highest BCUT2D eigenvalue weighted by Gasteiger charge is 2.22. The largest absolute Gasteiger partial charge is 0.420 e. The van der Waals surface area contributed by atoms with E-state index in [2.05, 4.69) is 4.98 Å². The van der Waals surface area contributed by atoms with Crippen molar-refractivity contribution in [3.63, 3.8) is 0 Å². The first-order valence-electron chi connectivity index (χ1n) is 4.85. The van der Waals surface area contributed by atoms with E-state index in [9.17, 15) is 14.5 Å². The van der Waals surface area contributed by atoms with Crippen LogP contribution in [-0.4, -0.2) is 9.91 Å². The van der Waals surface area contributed by atoms with E-state index in [-0.39, 0.29) is 16.2 Å². The summed E-state index contributed by atoms with van der Waals surface area (Å²) in [5.74, 6) is -1.23. The van der Waals surface area contributed by atoms with Gasteiger partial charge in [-0.15, -0.1) is 11.6 Å². The molecule has 1 aromatic carbocycles. The van der Waals surface area contributed by atoms with Crippen molar-refractivity contribution in [1.29, 1.82) is 0 Å². The summed E-state index contributed by atoms with van der Waals surface area (Å²) >= 11 is 12.4. The number of halogens is 3. The van der Waals surface area contributed by atoms with Crippen molar-refractivity contribution in [2.75, 3.05) is 0 Å². The Hall–Kier alpha value is -1.44. The highest BCUT2D eigenvalue weighted by molar-refractivity contribution is 7.14. The predicted molar refractivity (Wildman–Crippen MR) is 69.8 cm³/mol. The van der Waals surface area contributed by atoms with Crippen molar-refractivity contribution in [3.8, 4) is 10.9 Å². The van der Waals surface area contributed by atoms with Gasteiger partial charge >= 0.3 is 5.69 Å². The quantitative estimate of drug-likeness (QED) is 0.476. The van der Waals surface area contributed by atoms with Crippen LogP contribution in [0.1, 0.15) is 4.88 Å². The zero-order valence-electron chi connectivity index (χ0n) is 9.10. The van der Waals surface area contributed by atoms with E-state index in [0.717, 1.165) is 23.5 Å². The first kappa shape index (κ1) is 14.0. The van der Waals surface area contributed by atoms with Crippen molar-refractivity contribution < 1.29 is 14.1 Å². The molecule has 0 spiro atoms. The number of benzene rings is 1. The Morgan fingerprint density at radius 3 is 2.84 bits per heavy atom. The van der Waals surface area contributed by atoms with E-state index in [0.29, 0.717) is 4.88 Å². The van der Waals surface area contributed by atoms with Gasteiger partial charge in [0.05, 0.1) is 15.7 Å². The molecule has 1 heterocycles. The van der Waals surface area contributed by atoms with Gasteiger partial charge < -0.3 is 4.74 Å². The third-order valence-corrected chi connectivity index (χ3v) is 3.87. The van der Waals surface area contributed by atoms with Crippen molar-refractivity contribution in [1.82, 2.24) is 4.98 Å². The minimum atomic E-state index is -0.854. The molecule has 0 atom stereocenters. The molecule has 0 unspecified atom stereocenters. The third kappa shape index (κ3) is 2.94. The minimum Gasteiger partial charge on any atom is -0.420 e. The molecule has 2 aromatic rings. The van der Waals surface area contributed by atoms with Crippen LogP contribution < -0.4 is 4.74 Å². The molecule has 5 nitrogen and oxygen atoms in total. The topological polar surface area (TPSA) is 65.3 Å². The molecule has 0 aliphatic rings. The van der Waals surface area contributed by atoms with Gasteiger partial charge in [0, 0.05) is 6.07 Å². The third-order valence-electron chi connectivity index (χ3n) is 2.08. The van der Waals surface area contributed by atoms with Crippen LogP contribution in [0.4, 0.5) is 10.1 Å². The number of nitrogens with zero attached hydrogens (tertiary/aromatic N) is 2. The number of para-hydroxylation sites is 1. The Bertz CT molecular complexity index is 635. The van der Waals surface area contributed by atoms with Crippen LogP contribution in [0.3, 0.4) is 0 Å². The van der Waals surface area contributed by atoms with Crippen LogP contribution in [0.15, 0.2) is 18.2 Å². The molecule has 100 valence electrons. The second-order valence-corrected chi connectivity index (χ2v) is 4.95. The number of hydrogen-bond donors (Lipinski definition) is 0. The molecule has 0 saturated carbocycles. The molecule has 1 aromatic heterocycles. The van der Waals surface area contributed by atoms with Gasteiger partial charge in [-0.25, -0.2) is 4.39 Å². The van der Waals surface area contributed by atoms with Crippen molar-refractivity contribution in [2.24, 2.45) is 0 Å². The van der Waals surface area contributed by atoms with Crippen molar-refractivity contribution in [2.45, 2.75) is 5.88 Å². The number of nitro benzene ring substituents is 1. The Labute approximate surface area is 120 Å². The van der Waals surface area contributed by atoms with E-state index in [1.807, 2.05) is 0 Å². The fourth-order valence-corrected chi connectivity index (χ4v) is 2.59. The van der Waals surface area contributed by atoms with Crippen molar-refractivity contribution >= 4 is 40.2 Å². The second-order valence-electron chi connectivity index (χ2n) is 3.27. The highest BCUT2D eigenvalue weighted by Crippen LogP contribution is 2.37. The zero-order chi connectivity index (χ0) is 14.0. The summed E-state index contributed by atoms with van der Waals surface area (Å²) in [6, 6.07) is 3.41. The van der Waals surface area contributed by atoms with Crippen LogP contribution in [-0.2, 0) is 5.88 Å². The molecule has 0 aliphatic heterocycles. The molecule has 19 heavy (non-hydrogen) atoms. The first-order chi connectivity index (χ1) is 9.02. The van der Waals surface area contributed by atoms with Gasteiger partial charge in [-0.05, 0) is 6.07 Å². The summed E-state index contributed by atoms with van der Waals surface area (Å²) in [7, 11) is 0. The van der Waals surface area contributed by atoms with E-state index in [1.165, 1.54) is 6.07 Å². The number of hydrogen-bond acceptors (Lipinski definition) is 5. The predicted octanol–water partition coefficient (Wildman–Crippen LogP) is 4.37. The number of ether oxygens (including phenoxy) is 1. The van der Waals surface area contributed by atoms with Crippen LogP contribution in [0.5, 0.6) is 10.9 Å². The second kappa shape index (κ2) is 5.68. The van der Waals surface area contributed by atoms with Gasteiger partial charge in [0.25, 0.3) is 5.19 Å². The molecule has 0 radical (unpaired) electrons. The monoisotopic (exact) mass is 322 g/mol. The average Bonchev–Trinajstić information content (AvgIpc) is 2.71. The number of nitro groups is 1. The molecular weight excluding hydrogens is 318 g/mol. The maximum atomic E-state index is 13.6. The molecule has 0 amide bonds. The molecular formula is C10H5Cl2FN2O3S. The van der Waals surface area contributed by atoms with Gasteiger partial charge in [-0.3, -0.25) is 10.1 Å². The highest BCUT2D eigenvalue weighted by atomic mass is 35.5. The smallest absolute Gasteiger partial charge is 0.314 e. The summed E-state index contributed by atoms with van der Waals surface area (Å²) in [5, 5.41) is 10.9. The fraction of sp³-hybridized carbons (Fsp3) is 0.100. The summed E-state index contributed by atoms with van der Waals surface area (Å²) in [4.78, 5) is 14.4. The Morgan fingerprint density at radius 2 is 2.26 bits per heavy atom. The number of alkyl halides is 1. The minimum absolute atomic E-state index is 0.00569. The summed E-state index contributed by atoms with van der Waals surface area (Å²) in [6.07, 6.45) is 0. The molecule has 0 saturated heterocycles. The summed E-state index contributed by atoms with van der Waals surface area (Å²) < 4.78 is 18.7. The maximum absolute atomic E-state index is 13.6. The van der Waals surface area contributed by atoms with Gasteiger partial charge in [0.15, 0.2) is 5.82 Å². The van der Waals surface area contributed by atoms with E-state index < -0.39 is 22.2 Å². The van der Waals surface area contributed by atoms with Crippen LogP contribution in [0, 0.1) is 15.9 Å². The van der Waals surface area contributed by atoms with Gasteiger partial charge in [0.2, 0.25) is 5.75 Å². The molecule has 9 heteroatoms. The lowest BCUT2D eigenvalue weighted by atomic mass is 10.3. The molecule has 0 N–H and O–H groups in total. The van der Waals surface area contributed by atoms with Gasteiger partial charge in [-0.1, -0.05) is 29.0 Å². The first-order valence-corrected chi connectivity index (χ1v) is 6.57. The SMILES string of the molecule is O=[N+]([O-])c1cccc(F)c1Oc1nc(Cl)c(CCl)s1. The maximum Gasteiger partial charge on any atom is 0.314 e. The van der Waals surface area contributed by atoms with Gasteiger partial charge in [0.1, 0.15) is 5.15 Å². The molecule has 0 fully saturated rings. The molecule has 0 aliphatic carbocycles. The lowest BCUT2D eigenvalue weighted by Gasteiger charge is -2.03. The Morgan fingerprint density at radius 1 is 1.53 bits per heavy atom.